The number of fused-ring (bicyclic) bond motifs is 1. The van der Waals surface area contributed by atoms with Gasteiger partial charge in [0, 0.05) is 5.56 Å². The smallest absolute Gasteiger partial charge is 0.310 e. The molecule has 0 aromatic heterocycles. The van der Waals surface area contributed by atoms with E-state index in [1.54, 1.807) is 12.1 Å². The first-order valence-electron chi connectivity index (χ1n) is 3.69. The second-order valence-electron chi connectivity index (χ2n) is 2.71. The van der Waals surface area contributed by atoms with Crippen LogP contribution in [0.4, 0.5) is 4.39 Å². The van der Waals surface area contributed by atoms with Crippen LogP contribution in [0.25, 0.3) is 0 Å². The molecule has 12 heavy (non-hydrogen) atoms. The zero-order valence-corrected chi connectivity index (χ0v) is 6.34. The van der Waals surface area contributed by atoms with Gasteiger partial charge in [-0.2, -0.15) is 0 Å². The van der Waals surface area contributed by atoms with Crippen LogP contribution < -0.4 is 0 Å². The second-order valence-corrected chi connectivity index (χ2v) is 2.71. The van der Waals surface area contributed by atoms with Crippen molar-refractivity contribution in [3.63, 3.8) is 0 Å². The predicted molar refractivity (Wildman–Crippen MR) is 39.9 cm³/mol. The summed E-state index contributed by atoms with van der Waals surface area (Å²) in [7, 11) is 0. The van der Waals surface area contributed by atoms with Crippen LogP contribution in [0.15, 0.2) is 18.2 Å². The summed E-state index contributed by atoms with van der Waals surface area (Å²) >= 11 is 0. The number of ether oxygens (including phenoxy) is 1. The van der Waals surface area contributed by atoms with Gasteiger partial charge in [0.1, 0.15) is 12.4 Å². The van der Waals surface area contributed by atoms with Crippen molar-refractivity contribution in [1.29, 1.82) is 0 Å². The Balaban J connectivity index is 2.48. The Labute approximate surface area is 69.0 Å². The van der Waals surface area contributed by atoms with Crippen LogP contribution in [0.3, 0.4) is 0 Å². The Kier molecular flexibility index (Phi) is 1.57. The van der Waals surface area contributed by atoms with Gasteiger partial charge < -0.3 is 4.74 Å². The van der Waals surface area contributed by atoms with Crippen LogP contribution in [0.2, 0.25) is 0 Å². The summed E-state index contributed by atoms with van der Waals surface area (Å²) in [5.41, 5.74) is 1.25. The summed E-state index contributed by atoms with van der Waals surface area (Å²) in [5, 5.41) is 0. The molecule has 0 spiro atoms. The van der Waals surface area contributed by atoms with Crippen LogP contribution in [0.1, 0.15) is 11.1 Å². The standard InChI is InChI=1S/C9H7FO2/c10-8-3-1-2-6-4-9(11)12-5-7(6)8/h1-3H,4-5H2. The number of hydrogen-bond acceptors (Lipinski definition) is 2. The largest absolute Gasteiger partial charge is 0.460 e. The molecule has 1 aromatic rings. The highest BCUT2D eigenvalue weighted by Crippen LogP contribution is 2.19. The third-order valence-corrected chi connectivity index (χ3v) is 1.93. The van der Waals surface area contributed by atoms with Gasteiger partial charge in [-0.25, -0.2) is 4.39 Å². The lowest BCUT2D eigenvalue weighted by Gasteiger charge is -2.15. The van der Waals surface area contributed by atoms with Gasteiger partial charge in [0.25, 0.3) is 0 Å². The molecule has 1 heterocycles. The molecule has 1 aromatic carbocycles. The number of cyclic esters (lactones) is 1. The Morgan fingerprint density at radius 3 is 3.08 bits per heavy atom. The molecule has 2 rings (SSSR count). The fraction of sp³-hybridized carbons (Fsp3) is 0.222. The van der Waals surface area contributed by atoms with Crippen molar-refractivity contribution in [2.24, 2.45) is 0 Å². The van der Waals surface area contributed by atoms with Crippen molar-refractivity contribution in [3.8, 4) is 0 Å². The van der Waals surface area contributed by atoms with Crippen molar-refractivity contribution in [3.05, 3.63) is 35.1 Å². The van der Waals surface area contributed by atoms with E-state index in [2.05, 4.69) is 0 Å². The van der Waals surface area contributed by atoms with Crippen LogP contribution in [-0.2, 0) is 22.6 Å². The van der Waals surface area contributed by atoms with Crippen molar-refractivity contribution >= 4 is 5.97 Å². The zero-order chi connectivity index (χ0) is 8.55. The molecule has 62 valence electrons. The fourth-order valence-electron chi connectivity index (χ4n) is 1.29. The van der Waals surface area contributed by atoms with Gasteiger partial charge in [-0.3, -0.25) is 4.79 Å². The number of carbonyl (C=O) groups is 1. The van der Waals surface area contributed by atoms with Gasteiger partial charge in [0.2, 0.25) is 0 Å². The molecule has 0 amide bonds. The molecular weight excluding hydrogens is 159 g/mol. The minimum atomic E-state index is -0.292. The lowest BCUT2D eigenvalue weighted by Crippen LogP contribution is -2.17. The molecule has 0 unspecified atom stereocenters. The quantitative estimate of drug-likeness (QED) is 0.545. The van der Waals surface area contributed by atoms with Gasteiger partial charge in [0.15, 0.2) is 0 Å². The van der Waals surface area contributed by atoms with E-state index in [0.29, 0.717) is 5.56 Å². The third-order valence-electron chi connectivity index (χ3n) is 1.93. The molecule has 0 radical (unpaired) electrons. The summed E-state index contributed by atoms with van der Waals surface area (Å²) < 4.78 is 17.7. The maximum atomic E-state index is 13.0. The number of rotatable bonds is 0. The number of halogens is 1. The first-order chi connectivity index (χ1) is 5.77. The van der Waals surface area contributed by atoms with Crippen LogP contribution >= 0.6 is 0 Å². The van der Waals surface area contributed by atoms with E-state index < -0.39 is 0 Å². The average Bonchev–Trinajstić information content (AvgIpc) is 2.04. The van der Waals surface area contributed by atoms with E-state index in [0.717, 1.165) is 5.56 Å². The van der Waals surface area contributed by atoms with E-state index in [1.165, 1.54) is 6.07 Å². The highest BCUT2D eigenvalue weighted by molar-refractivity contribution is 5.74. The monoisotopic (exact) mass is 166 g/mol. The molecule has 0 aliphatic carbocycles. The molecule has 0 bridgehead atoms. The Morgan fingerprint density at radius 1 is 1.42 bits per heavy atom. The van der Waals surface area contributed by atoms with Gasteiger partial charge >= 0.3 is 5.97 Å². The van der Waals surface area contributed by atoms with Crippen molar-refractivity contribution in [2.45, 2.75) is 13.0 Å². The summed E-state index contributed by atoms with van der Waals surface area (Å²) in [6.45, 7) is 0.0703. The van der Waals surface area contributed by atoms with E-state index in [1.807, 2.05) is 0 Å². The maximum Gasteiger partial charge on any atom is 0.310 e. The minimum Gasteiger partial charge on any atom is -0.460 e. The predicted octanol–water partition coefficient (Wildman–Crippen LogP) is 1.43. The second kappa shape index (κ2) is 2.59. The summed E-state index contributed by atoms with van der Waals surface area (Å²) in [6.07, 6.45) is 0.188. The highest BCUT2D eigenvalue weighted by atomic mass is 19.1. The molecule has 2 nitrogen and oxygen atoms in total. The number of esters is 1. The van der Waals surface area contributed by atoms with E-state index >= 15 is 0 Å². The molecule has 1 aliphatic heterocycles. The SMILES string of the molecule is O=C1Cc2cccc(F)c2CO1. The zero-order valence-electron chi connectivity index (χ0n) is 6.34. The number of carbonyl (C=O) groups excluding carboxylic acids is 1. The highest BCUT2D eigenvalue weighted by Gasteiger charge is 2.18. The van der Waals surface area contributed by atoms with Gasteiger partial charge in [0.05, 0.1) is 6.42 Å². The molecule has 0 saturated heterocycles. The molecular formula is C9H7FO2. The normalized spacial score (nSPS) is 15.2. The van der Waals surface area contributed by atoms with E-state index in [9.17, 15) is 9.18 Å². The van der Waals surface area contributed by atoms with E-state index in [-0.39, 0.29) is 24.8 Å². The summed E-state index contributed by atoms with van der Waals surface area (Å²) in [5.74, 6) is -0.576. The molecule has 0 atom stereocenters. The van der Waals surface area contributed by atoms with Gasteiger partial charge in [-0.05, 0) is 11.6 Å². The topological polar surface area (TPSA) is 26.3 Å². The Bertz CT molecular complexity index is 333. The first kappa shape index (κ1) is 7.28. The van der Waals surface area contributed by atoms with Gasteiger partial charge in [-0.15, -0.1) is 0 Å². The van der Waals surface area contributed by atoms with Crippen LogP contribution in [0, 0.1) is 5.82 Å². The van der Waals surface area contributed by atoms with Crippen molar-refractivity contribution < 1.29 is 13.9 Å². The fourth-order valence-corrected chi connectivity index (χ4v) is 1.29. The number of benzene rings is 1. The van der Waals surface area contributed by atoms with Gasteiger partial charge in [-0.1, -0.05) is 12.1 Å². The summed E-state index contributed by atoms with van der Waals surface area (Å²) in [6, 6.07) is 4.73. The summed E-state index contributed by atoms with van der Waals surface area (Å²) in [4.78, 5) is 10.8. The van der Waals surface area contributed by atoms with Crippen LogP contribution in [-0.4, -0.2) is 5.97 Å². The Hall–Kier alpha value is -1.38. The number of hydrogen-bond donors (Lipinski definition) is 0. The third kappa shape index (κ3) is 1.07. The molecule has 0 fully saturated rings. The van der Waals surface area contributed by atoms with E-state index in [4.69, 9.17) is 4.74 Å². The molecule has 3 heteroatoms. The molecule has 0 saturated carbocycles. The lowest BCUT2D eigenvalue weighted by atomic mass is 10.0. The minimum absolute atomic E-state index is 0.0703. The molecule has 0 N–H and O–H groups in total. The molecule has 1 aliphatic rings. The average molecular weight is 166 g/mol. The lowest BCUT2D eigenvalue weighted by molar-refractivity contribution is -0.145. The maximum absolute atomic E-state index is 13.0. The first-order valence-corrected chi connectivity index (χ1v) is 3.69. The van der Waals surface area contributed by atoms with Crippen molar-refractivity contribution in [2.75, 3.05) is 0 Å². The van der Waals surface area contributed by atoms with Crippen molar-refractivity contribution in [1.82, 2.24) is 0 Å². The van der Waals surface area contributed by atoms with Crippen LogP contribution in [0.5, 0.6) is 0 Å². The Morgan fingerprint density at radius 2 is 2.25 bits per heavy atom.